The summed E-state index contributed by atoms with van der Waals surface area (Å²) in [5, 5.41) is 18.5. The standard InChI is InChI=1S/C14H23NO4/c16-10-11-3-7-15(8-4-11)12(17)9-14(13(18)19)5-1-2-6-14/h11,16H,1-10H2,(H,18,19). The first kappa shape index (κ1) is 14.3. The van der Waals surface area contributed by atoms with Crippen LogP contribution in [0.3, 0.4) is 0 Å². The maximum Gasteiger partial charge on any atom is 0.310 e. The molecule has 1 saturated carbocycles. The van der Waals surface area contributed by atoms with E-state index in [0.717, 1.165) is 25.7 Å². The molecular formula is C14H23NO4. The Morgan fingerprint density at radius 2 is 1.74 bits per heavy atom. The molecule has 1 aliphatic carbocycles. The molecule has 5 nitrogen and oxygen atoms in total. The van der Waals surface area contributed by atoms with Gasteiger partial charge in [0.2, 0.25) is 5.91 Å². The van der Waals surface area contributed by atoms with Crippen molar-refractivity contribution in [2.24, 2.45) is 11.3 Å². The van der Waals surface area contributed by atoms with Crippen LogP contribution < -0.4 is 0 Å². The lowest BCUT2D eigenvalue weighted by atomic mass is 9.82. The highest BCUT2D eigenvalue weighted by molar-refractivity contribution is 5.85. The molecule has 0 bridgehead atoms. The zero-order valence-corrected chi connectivity index (χ0v) is 11.3. The maximum atomic E-state index is 12.3. The number of carbonyl (C=O) groups is 2. The van der Waals surface area contributed by atoms with E-state index in [1.807, 2.05) is 0 Å². The molecule has 1 heterocycles. The zero-order valence-electron chi connectivity index (χ0n) is 11.3. The SMILES string of the molecule is O=C(CC1(C(=O)O)CCCC1)N1CCC(CO)CC1. The van der Waals surface area contributed by atoms with Crippen LogP contribution >= 0.6 is 0 Å². The molecule has 0 radical (unpaired) electrons. The average molecular weight is 269 g/mol. The van der Waals surface area contributed by atoms with Crippen LogP contribution in [0, 0.1) is 11.3 Å². The number of hydrogen-bond acceptors (Lipinski definition) is 3. The van der Waals surface area contributed by atoms with Gasteiger partial charge in [-0.1, -0.05) is 12.8 Å². The lowest BCUT2D eigenvalue weighted by molar-refractivity contribution is -0.153. The summed E-state index contributed by atoms with van der Waals surface area (Å²) in [6.45, 7) is 1.49. The molecule has 1 aliphatic heterocycles. The number of hydrogen-bond donors (Lipinski definition) is 2. The van der Waals surface area contributed by atoms with Gasteiger partial charge >= 0.3 is 5.97 Å². The van der Waals surface area contributed by atoms with E-state index in [0.29, 0.717) is 31.8 Å². The van der Waals surface area contributed by atoms with Crippen LogP contribution in [-0.4, -0.2) is 46.7 Å². The summed E-state index contributed by atoms with van der Waals surface area (Å²) in [5.41, 5.74) is -0.815. The zero-order chi connectivity index (χ0) is 13.9. The predicted octanol–water partition coefficient (Wildman–Crippen LogP) is 1.25. The first-order chi connectivity index (χ1) is 9.07. The van der Waals surface area contributed by atoms with E-state index in [-0.39, 0.29) is 18.9 Å². The summed E-state index contributed by atoms with van der Waals surface area (Å²) in [6.07, 6.45) is 4.86. The number of likely N-dealkylation sites (tertiary alicyclic amines) is 1. The third-order valence-corrected chi connectivity index (χ3v) is 4.73. The van der Waals surface area contributed by atoms with E-state index in [1.54, 1.807) is 4.90 Å². The van der Waals surface area contributed by atoms with Gasteiger partial charge in [0.25, 0.3) is 0 Å². The number of carboxylic acids is 1. The van der Waals surface area contributed by atoms with Crippen LogP contribution in [-0.2, 0) is 9.59 Å². The van der Waals surface area contributed by atoms with Crippen molar-refractivity contribution in [2.45, 2.75) is 44.9 Å². The van der Waals surface area contributed by atoms with Crippen LogP contribution in [0.5, 0.6) is 0 Å². The number of carboxylic acid groups (broad SMARTS) is 1. The van der Waals surface area contributed by atoms with Gasteiger partial charge in [-0.3, -0.25) is 9.59 Å². The van der Waals surface area contributed by atoms with Gasteiger partial charge in [0, 0.05) is 26.1 Å². The smallest absolute Gasteiger partial charge is 0.310 e. The number of aliphatic hydroxyl groups is 1. The number of nitrogens with zero attached hydrogens (tertiary/aromatic N) is 1. The van der Waals surface area contributed by atoms with Crippen LogP contribution in [0.4, 0.5) is 0 Å². The first-order valence-electron chi connectivity index (χ1n) is 7.19. The van der Waals surface area contributed by atoms with Gasteiger partial charge in [0.15, 0.2) is 0 Å². The molecule has 2 fully saturated rings. The third kappa shape index (κ3) is 3.08. The Kier molecular flexibility index (Phi) is 4.45. The molecule has 0 spiro atoms. The molecular weight excluding hydrogens is 246 g/mol. The van der Waals surface area contributed by atoms with Crippen LogP contribution in [0.25, 0.3) is 0 Å². The second-order valence-electron chi connectivity index (χ2n) is 5.98. The van der Waals surface area contributed by atoms with E-state index in [2.05, 4.69) is 0 Å². The summed E-state index contributed by atoms with van der Waals surface area (Å²) < 4.78 is 0. The van der Waals surface area contributed by atoms with Gasteiger partial charge in [-0.05, 0) is 31.6 Å². The van der Waals surface area contributed by atoms with Gasteiger partial charge in [-0.15, -0.1) is 0 Å². The van der Waals surface area contributed by atoms with Crippen molar-refractivity contribution in [1.82, 2.24) is 4.90 Å². The van der Waals surface area contributed by atoms with Crippen molar-refractivity contribution in [2.75, 3.05) is 19.7 Å². The van der Waals surface area contributed by atoms with Gasteiger partial charge in [-0.25, -0.2) is 0 Å². The van der Waals surface area contributed by atoms with E-state index >= 15 is 0 Å². The summed E-state index contributed by atoms with van der Waals surface area (Å²) in [4.78, 5) is 25.5. The van der Waals surface area contributed by atoms with Crippen LogP contribution in [0.2, 0.25) is 0 Å². The number of carbonyl (C=O) groups excluding carboxylic acids is 1. The number of piperidine rings is 1. The molecule has 2 rings (SSSR count). The summed E-state index contributed by atoms with van der Waals surface area (Å²) in [7, 11) is 0. The molecule has 5 heteroatoms. The van der Waals surface area contributed by atoms with Crippen molar-refractivity contribution in [3.8, 4) is 0 Å². The lowest BCUT2D eigenvalue weighted by Crippen LogP contribution is -2.42. The average Bonchev–Trinajstić information content (AvgIpc) is 2.88. The monoisotopic (exact) mass is 269 g/mol. The fourth-order valence-corrected chi connectivity index (χ4v) is 3.28. The topological polar surface area (TPSA) is 77.8 Å². The molecule has 0 aromatic heterocycles. The quantitative estimate of drug-likeness (QED) is 0.805. The summed E-state index contributed by atoms with van der Waals surface area (Å²) in [6, 6.07) is 0. The Morgan fingerprint density at radius 3 is 2.21 bits per heavy atom. The molecule has 2 N–H and O–H groups in total. The largest absolute Gasteiger partial charge is 0.481 e. The fourth-order valence-electron chi connectivity index (χ4n) is 3.28. The molecule has 19 heavy (non-hydrogen) atoms. The van der Waals surface area contributed by atoms with Crippen molar-refractivity contribution >= 4 is 11.9 Å². The Balaban J connectivity index is 1.92. The fraction of sp³-hybridized carbons (Fsp3) is 0.857. The van der Waals surface area contributed by atoms with E-state index in [1.165, 1.54) is 0 Å². The predicted molar refractivity (Wildman–Crippen MR) is 69.5 cm³/mol. The lowest BCUT2D eigenvalue weighted by Gasteiger charge is -2.33. The molecule has 0 unspecified atom stereocenters. The van der Waals surface area contributed by atoms with Crippen molar-refractivity contribution in [3.63, 3.8) is 0 Å². The molecule has 1 saturated heterocycles. The summed E-state index contributed by atoms with van der Waals surface area (Å²) in [5.74, 6) is -0.548. The Bertz CT molecular complexity index is 341. The first-order valence-corrected chi connectivity index (χ1v) is 7.19. The molecule has 0 aromatic rings. The maximum absolute atomic E-state index is 12.3. The molecule has 0 atom stereocenters. The van der Waals surface area contributed by atoms with Crippen molar-refractivity contribution < 1.29 is 19.8 Å². The molecule has 2 aliphatic rings. The van der Waals surface area contributed by atoms with E-state index in [4.69, 9.17) is 5.11 Å². The van der Waals surface area contributed by atoms with Gasteiger partial charge in [0.05, 0.1) is 5.41 Å². The van der Waals surface area contributed by atoms with Crippen LogP contribution in [0.15, 0.2) is 0 Å². The Hall–Kier alpha value is -1.10. The highest BCUT2D eigenvalue weighted by atomic mass is 16.4. The second kappa shape index (κ2) is 5.90. The molecule has 1 amide bonds. The van der Waals surface area contributed by atoms with E-state index < -0.39 is 11.4 Å². The van der Waals surface area contributed by atoms with Crippen molar-refractivity contribution in [1.29, 1.82) is 0 Å². The number of aliphatic hydroxyl groups excluding tert-OH is 1. The number of aliphatic carboxylic acids is 1. The highest BCUT2D eigenvalue weighted by Gasteiger charge is 2.44. The Labute approximate surface area is 113 Å². The minimum absolute atomic E-state index is 0.0271. The van der Waals surface area contributed by atoms with Gasteiger partial charge in [-0.2, -0.15) is 0 Å². The van der Waals surface area contributed by atoms with E-state index in [9.17, 15) is 14.7 Å². The number of amides is 1. The number of rotatable bonds is 4. The molecule has 0 aromatic carbocycles. The summed E-state index contributed by atoms with van der Waals surface area (Å²) >= 11 is 0. The normalized spacial score (nSPS) is 23.5. The van der Waals surface area contributed by atoms with Crippen LogP contribution in [0.1, 0.15) is 44.9 Å². The minimum Gasteiger partial charge on any atom is -0.481 e. The minimum atomic E-state index is -0.816. The molecule has 108 valence electrons. The Morgan fingerprint density at radius 1 is 1.16 bits per heavy atom. The van der Waals surface area contributed by atoms with Gasteiger partial charge < -0.3 is 15.1 Å². The van der Waals surface area contributed by atoms with Crippen molar-refractivity contribution in [3.05, 3.63) is 0 Å². The third-order valence-electron chi connectivity index (χ3n) is 4.73. The highest BCUT2D eigenvalue weighted by Crippen LogP contribution is 2.42. The van der Waals surface area contributed by atoms with Gasteiger partial charge in [0.1, 0.15) is 0 Å². The second-order valence-corrected chi connectivity index (χ2v) is 5.98.